The second-order valence-electron chi connectivity index (χ2n) is 10.0. The molecule has 1 heterocycles. The molecular formula is C26H42N4S. The van der Waals surface area contributed by atoms with Crippen LogP contribution in [0.25, 0.3) is 0 Å². The first-order valence-corrected chi connectivity index (χ1v) is 13.9. The van der Waals surface area contributed by atoms with Crippen LogP contribution in [0.5, 0.6) is 0 Å². The van der Waals surface area contributed by atoms with Gasteiger partial charge in [-0.05, 0) is 107 Å². The zero-order valence-corrected chi connectivity index (χ0v) is 20.2. The highest BCUT2D eigenvalue weighted by Crippen LogP contribution is 2.36. The first-order valence-electron chi connectivity index (χ1n) is 12.7. The minimum Gasteiger partial charge on any atom is -0.343 e. The topological polar surface area (TPSA) is 53.6 Å². The number of likely N-dealkylation sites (tertiary alicyclic amines) is 1. The molecule has 4 nitrogen and oxygen atoms in total. The van der Waals surface area contributed by atoms with E-state index in [0.717, 1.165) is 30.9 Å². The van der Waals surface area contributed by atoms with E-state index in [4.69, 9.17) is 10.7 Å². The maximum Gasteiger partial charge on any atom is 0.198 e. The number of piperidine rings is 1. The van der Waals surface area contributed by atoms with E-state index in [9.17, 15) is 0 Å². The molecule has 0 unspecified atom stereocenters. The van der Waals surface area contributed by atoms with Crippen molar-refractivity contribution in [2.45, 2.75) is 94.0 Å². The van der Waals surface area contributed by atoms with E-state index in [1.54, 1.807) is 11.8 Å². The van der Waals surface area contributed by atoms with E-state index in [2.05, 4.69) is 40.7 Å². The van der Waals surface area contributed by atoms with Crippen LogP contribution in [0.2, 0.25) is 0 Å². The molecule has 0 aromatic heterocycles. The molecule has 3 N–H and O–H groups in total. The molecule has 0 spiro atoms. The summed E-state index contributed by atoms with van der Waals surface area (Å²) in [4.78, 5) is 9.12. The van der Waals surface area contributed by atoms with Crippen LogP contribution < -0.4 is 11.1 Å². The summed E-state index contributed by atoms with van der Waals surface area (Å²) in [5.41, 5.74) is 7.30. The molecule has 5 heteroatoms. The van der Waals surface area contributed by atoms with Gasteiger partial charge in [-0.15, -0.1) is 11.8 Å². The van der Waals surface area contributed by atoms with Gasteiger partial charge in [-0.1, -0.05) is 12.1 Å². The molecule has 3 fully saturated rings. The second kappa shape index (κ2) is 11.6. The number of thioether (sulfide) groups is 1. The molecule has 1 saturated heterocycles. The fraction of sp³-hybridized carbons (Fsp3) is 0.731. The molecule has 4 rings (SSSR count). The number of nitrogens with zero attached hydrogens (tertiary/aromatic N) is 2. The Morgan fingerprint density at radius 3 is 2.29 bits per heavy atom. The lowest BCUT2D eigenvalue weighted by Gasteiger charge is -2.34. The maximum absolute atomic E-state index is 6.10. The maximum atomic E-state index is 6.10. The molecule has 3 aliphatic rings. The Morgan fingerprint density at radius 1 is 0.968 bits per heavy atom. The molecule has 1 aromatic rings. The number of hydrogen-bond donors (Lipinski definition) is 2. The van der Waals surface area contributed by atoms with Crippen LogP contribution in [0.15, 0.2) is 34.2 Å². The lowest BCUT2D eigenvalue weighted by molar-refractivity contribution is 0.225. The van der Waals surface area contributed by atoms with Crippen molar-refractivity contribution in [1.29, 1.82) is 0 Å². The highest BCUT2D eigenvalue weighted by molar-refractivity contribution is 7.98. The summed E-state index contributed by atoms with van der Waals surface area (Å²) in [7, 11) is 0. The fourth-order valence-electron chi connectivity index (χ4n) is 5.74. The van der Waals surface area contributed by atoms with Gasteiger partial charge in [0.05, 0.1) is 11.7 Å². The number of aliphatic imine (C=N–C) groups is 1. The normalized spacial score (nSPS) is 30.3. The number of anilines is 1. The Hall–Kier alpha value is -1.20. The predicted molar refractivity (Wildman–Crippen MR) is 135 cm³/mol. The van der Waals surface area contributed by atoms with Gasteiger partial charge in [-0.3, -0.25) is 0 Å². The predicted octanol–water partition coefficient (Wildman–Crippen LogP) is 6.13. The number of para-hydroxylation sites is 1. The summed E-state index contributed by atoms with van der Waals surface area (Å²) >= 11 is 1.80. The molecule has 0 atom stereocenters. The van der Waals surface area contributed by atoms with E-state index in [1.807, 2.05) is 0 Å². The molecule has 0 amide bonds. The van der Waals surface area contributed by atoms with Crippen molar-refractivity contribution < 1.29 is 0 Å². The zero-order valence-electron chi connectivity index (χ0n) is 19.4. The van der Waals surface area contributed by atoms with Gasteiger partial charge >= 0.3 is 0 Å². The smallest absolute Gasteiger partial charge is 0.198 e. The van der Waals surface area contributed by atoms with Gasteiger partial charge in [0.1, 0.15) is 0 Å². The standard InChI is InChI=1S/C26H42N4S/c1-31-25-8-4-3-7-24(25)29-26(30-17-5-2-6-18-30)28-23-15-11-21(12-16-23)19-20-9-13-22(27)14-10-20/h3-4,7-8,20-23H,2,5-6,9-19,27H2,1H3,(H,28,29). The molecule has 2 aliphatic carbocycles. The zero-order chi connectivity index (χ0) is 21.5. The molecule has 1 aromatic carbocycles. The second-order valence-corrected chi connectivity index (χ2v) is 10.9. The van der Waals surface area contributed by atoms with Crippen LogP contribution in [0, 0.1) is 11.8 Å². The van der Waals surface area contributed by atoms with Gasteiger partial charge in [0.15, 0.2) is 5.96 Å². The molecule has 0 bridgehead atoms. The van der Waals surface area contributed by atoms with Crippen LogP contribution in [-0.2, 0) is 0 Å². The third-order valence-corrected chi connectivity index (χ3v) is 8.48. The molecule has 31 heavy (non-hydrogen) atoms. The minimum atomic E-state index is 0.471. The van der Waals surface area contributed by atoms with Crippen molar-refractivity contribution in [2.75, 3.05) is 24.7 Å². The minimum absolute atomic E-state index is 0.471. The quantitative estimate of drug-likeness (QED) is 0.327. The third kappa shape index (κ3) is 6.64. The summed E-state index contributed by atoms with van der Waals surface area (Å²) in [5.74, 6) is 2.96. The number of benzene rings is 1. The van der Waals surface area contributed by atoms with Crippen LogP contribution in [-0.4, -0.2) is 42.3 Å². The third-order valence-electron chi connectivity index (χ3n) is 7.69. The summed E-state index contributed by atoms with van der Waals surface area (Å²) in [6.07, 6.45) is 17.9. The summed E-state index contributed by atoms with van der Waals surface area (Å²) in [6.45, 7) is 2.26. The first-order chi connectivity index (χ1) is 15.2. The average Bonchev–Trinajstić information content (AvgIpc) is 2.82. The van der Waals surface area contributed by atoms with Crippen LogP contribution >= 0.6 is 11.8 Å². The Balaban J connectivity index is 1.37. The van der Waals surface area contributed by atoms with E-state index in [0.29, 0.717) is 12.1 Å². The highest BCUT2D eigenvalue weighted by atomic mass is 32.2. The highest BCUT2D eigenvalue weighted by Gasteiger charge is 2.27. The summed E-state index contributed by atoms with van der Waals surface area (Å²) in [6, 6.07) is 9.58. The molecule has 172 valence electrons. The van der Waals surface area contributed by atoms with Crippen molar-refractivity contribution >= 4 is 23.4 Å². The van der Waals surface area contributed by atoms with E-state index >= 15 is 0 Å². The molecule has 2 saturated carbocycles. The van der Waals surface area contributed by atoms with Crippen LogP contribution in [0.3, 0.4) is 0 Å². The van der Waals surface area contributed by atoms with E-state index in [-0.39, 0.29) is 0 Å². The number of hydrogen-bond acceptors (Lipinski definition) is 3. The lowest BCUT2D eigenvalue weighted by Crippen LogP contribution is -2.41. The van der Waals surface area contributed by atoms with Crippen LogP contribution in [0.4, 0.5) is 5.69 Å². The van der Waals surface area contributed by atoms with Gasteiger partial charge in [-0.2, -0.15) is 0 Å². The van der Waals surface area contributed by atoms with Gasteiger partial charge in [0.25, 0.3) is 0 Å². The summed E-state index contributed by atoms with van der Waals surface area (Å²) in [5, 5.41) is 3.74. The monoisotopic (exact) mass is 442 g/mol. The number of nitrogens with two attached hydrogens (primary N) is 1. The van der Waals surface area contributed by atoms with Crippen molar-refractivity contribution in [2.24, 2.45) is 22.6 Å². The number of nitrogens with one attached hydrogen (secondary N) is 1. The van der Waals surface area contributed by atoms with Crippen molar-refractivity contribution in [3.8, 4) is 0 Å². The summed E-state index contributed by atoms with van der Waals surface area (Å²) < 4.78 is 0. The average molecular weight is 443 g/mol. The van der Waals surface area contributed by atoms with Crippen molar-refractivity contribution in [3.05, 3.63) is 24.3 Å². The number of guanidine groups is 1. The largest absolute Gasteiger partial charge is 0.343 e. The number of rotatable bonds is 5. The Labute approximate surface area is 193 Å². The SMILES string of the molecule is CSc1ccccc1NC(=NC1CCC(CC2CCC(N)CC2)CC1)N1CCCCC1. The van der Waals surface area contributed by atoms with Gasteiger partial charge in [0.2, 0.25) is 0 Å². The van der Waals surface area contributed by atoms with Crippen LogP contribution in [0.1, 0.15) is 77.0 Å². The molecule has 0 radical (unpaired) electrons. The first kappa shape index (κ1) is 23.0. The van der Waals surface area contributed by atoms with Crippen molar-refractivity contribution in [1.82, 2.24) is 4.90 Å². The Kier molecular flexibility index (Phi) is 8.60. The molecule has 1 aliphatic heterocycles. The van der Waals surface area contributed by atoms with Crippen molar-refractivity contribution in [3.63, 3.8) is 0 Å². The van der Waals surface area contributed by atoms with E-state index in [1.165, 1.54) is 87.6 Å². The van der Waals surface area contributed by atoms with Gasteiger partial charge < -0.3 is 16.0 Å². The van der Waals surface area contributed by atoms with E-state index < -0.39 is 0 Å². The fourth-order valence-corrected chi connectivity index (χ4v) is 6.30. The van der Waals surface area contributed by atoms with Gasteiger partial charge in [-0.25, -0.2) is 4.99 Å². The Bertz CT molecular complexity index is 699. The van der Waals surface area contributed by atoms with Gasteiger partial charge in [0, 0.05) is 24.0 Å². The molecular weight excluding hydrogens is 400 g/mol. The Morgan fingerprint density at radius 2 is 1.61 bits per heavy atom. The lowest BCUT2D eigenvalue weighted by atomic mass is 9.76.